The maximum absolute atomic E-state index is 11.4. The van der Waals surface area contributed by atoms with Crippen molar-refractivity contribution in [2.45, 2.75) is 25.0 Å². The number of Topliss-reactive ketones (excluding diaryl/α,β-unsaturated/α-hetero) is 1. The zero-order valence-corrected chi connectivity index (χ0v) is 8.34. The third-order valence-corrected chi connectivity index (χ3v) is 2.60. The molecule has 2 heteroatoms. The average molecular weight is 182 g/mol. The molecule has 1 aliphatic carbocycles. The molecule has 2 atom stereocenters. The minimum atomic E-state index is -0.304. The van der Waals surface area contributed by atoms with Gasteiger partial charge in [0.25, 0.3) is 0 Å². The molecule has 0 N–H and O–H groups in total. The van der Waals surface area contributed by atoms with E-state index >= 15 is 0 Å². The highest BCUT2D eigenvalue weighted by Crippen LogP contribution is 2.31. The summed E-state index contributed by atoms with van der Waals surface area (Å²) >= 11 is 4.45. The molecule has 0 aromatic heterocycles. The fourth-order valence-electron chi connectivity index (χ4n) is 1.38. The van der Waals surface area contributed by atoms with Crippen LogP contribution in [0.25, 0.3) is 0 Å². The third-order valence-electron chi connectivity index (χ3n) is 2.17. The van der Waals surface area contributed by atoms with Crippen molar-refractivity contribution in [1.29, 1.82) is 0 Å². The third kappa shape index (κ3) is 1.81. The van der Waals surface area contributed by atoms with Gasteiger partial charge in [0, 0.05) is 11.2 Å². The summed E-state index contributed by atoms with van der Waals surface area (Å²) in [6.45, 7) is 3.85. The van der Waals surface area contributed by atoms with E-state index in [1.807, 2.05) is 38.2 Å². The normalized spacial score (nSPS) is 33.8. The van der Waals surface area contributed by atoms with Gasteiger partial charge in [0.15, 0.2) is 0 Å². The second-order valence-corrected chi connectivity index (χ2v) is 4.23. The smallest absolute Gasteiger partial charge is 0.141 e. The topological polar surface area (TPSA) is 17.1 Å². The Morgan fingerprint density at radius 1 is 1.58 bits per heavy atom. The van der Waals surface area contributed by atoms with Crippen molar-refractivity contribution in [3.63, 3.8) is 0 Å². The van der Waals surface area contributed by atoms with E-state index in [1.165, 1.54) is 0 Å². The molecule has 1 rings (SSSR count). The van der Waals surface area contributed by atoms with E-state index in [9.17, 15) is 4.79 Å². The lowest BCUT2D eigenvalue weighted by atomic mass is 9.85. The zero-order valence-electron chi connectivity index (χ0n) is 7.45. The summed E-state index contributed by atoms with van der Waals surface area (Å²) in [5, 5.41) is 0. The van der Waals surface area contributed by atoms with Crippen LogP contribution in [0.15, 0.2) is 24.3 Å². The molecule has 0 saturated carbocycles. The number of carbonyl (C=O) groups is 1. The summed E-state index contributed by atoms with van der Waals surface area (Å²) in [5.41, 5.74) is 0. The summed E-state index contributed by atoms with van der Waals surface area (Å²) in [7, 11) is 0. The molecular formula is C10H14OS. The van der Waals surface area contributed by atoms with Gasteiger partial charge in [0.05, 0.1) is 5.92 Å². The van der Waals surface area contributed by atoms with Crippen LogP contribution in [-0.4, -0.2) is 10.5 Å². The molecule has 0 saturated heterocycles. The average Bonchev–Trinajstić information content (AvgIpc) is 2.02. The summed E-state index contributed by atoms with van der Waals surface area (Å²) in [6.07, 6.45) is 8.33. The first-order chi connectivity index (χ1) is 5.58. The van der Waals surface area contributed by atoms with Crippen LogP contribution in [0.2, 0.25) is 0 Å². The summed E-state index contributed by atoms with van der Waals surface area (Å²) < 4.78 is -0.304. The van der Waals surface area contributed by atoms with E-state index in [-0.39, 0.29) is 16.4 Å². The van der Waals surface area contributed by atoms with Crippen molar-refractivity contribution in [2.24, 2.45) is 5.92 Å². The van der Waals surface area contributed by atoms with E-state index in [4.69, 9.17) is 0 Å². The first-order valence-electron chi connectivity index (χ1n) is 4.19. The molecule has 0 amide bonds. The molecule has 0 aromatic carbocycles. The standard InChI is InChI=1S/C10H14OS/c1-3-9(11)8-6-4-5-7-10(8,2)12/h4-8,12H,3H2,1-2H3. The van der Waals surface area contributed by atoms with Crippen LogP contribution in [0, 0.1) is 5.92 Å². The summed E-state index contributed by atoms with van der Waals surface area (Å²) in [6, 6.07) is 0. The molecule has 1 aliphatic rings. The van der Waals surface area contributed by atoms with Crippen LogP contribution in [0.1, 0.15) is 20.3 Å². The van der Waals surface area contributed by atoms with E-state index in [0.29, 0.717) is 6.42 Å². The zero-order chi connectivity index (χ0) is 9.19. The highest BCUT2D eigenvalue weighted by molar-refractivity contribution is 7.82. The van der Waals surface area contributed by atoms with Crippen LogP contribution in [0.5, 0.6) is 0 Å². The van der Waals surface area contributed by atoms with Gasteiger partial charge in [-0.2, -0.15) is 12.6 Å². The number of carbonyl (C=O) groups excluding carboxylic acids is 1. The Balaban J connectivity index is 2.84. The van der Waals surface area contributed by atoms with Gasteiger partial charge in [-0.05, 0) is 6.92 Å². The fourth-order valence-corrected chi connectivity index (χ4v) is 1.69. The van der Waals surface area contributed by atoms with Crippen molar-refractivity contribution >= 4 is 18.4 Å². The molecule has 12 heavy (non-hydrogen) atoms. The van der Waals surface area contributed by atoms with Gasteiger partial charge in [-0.25, -0.2) is 0 Å². The van der Waals surface area contributed by atoms with Gasteiger partial charge in [0.2, 0.25) is 0 Å². The largest absolute Gasteiger partial charge is 0.299 e. The number of ketones is 1. The predicted octanol–water partition coefficient (Wildman–Crippen LogP) is 2.40. The second-order valence-electron chi connectivity index (χ2n) is 3.27. The number of allylic oxidation sites excluding steroid dienone is 3. The molecule has 2 unspecified atom stereocenters. The Hall–Kier alpha value is -0.500. The Morgan fingerprint density at radius 2 is 2.25 bits per heavy atom. The predicted molar refractivity (Wildman–Crippen MR) is 54.5 cm³/mol. The molecule has 0 fully saturated rings. The summed E-state index contributed by atoms with van der Waals surface area (Å²) in [4.78, 5) is 11.4. The minimum absolute atomic E-state index is 0.0594. The van der Waals surface area contributed by atoms with Crippen LogP contribution >= 0.6 is 12.6 Å². The van der Waals surface area contributed by atoms with Crippen molar-refractivity contribution in [2.75, 3.05) is 0 Å². The van der Waals surface area contributed by atoms with Crippen LogP contribution < -0.4 is 0 Å². The van der Waals surface area contributed by atoms with Crippen molar-refractivity contribution < 1.29 is 4.79 Å². The Morgan fingerprint density at radius 3 is 2.75 bits per heavy atom. The number of hydrogen-bond acceptors (Lipinski definition) is 2. The quantitative estimate of drug-likeness (QED) is 0.649. The van der Waals surface area contributed by atoms with Crippen LogP contribution in [-0.2, 0) is 4.79 Å². The fraction of sp³-hybridized carbons (Fsp3) is 0.500. The molecule has 0 aromatic rings. The lowest BCUT2D eigenvalue weighted by molar-refractivity contribution is -0.121. The van der Waals surface area contributed by atoms with E-state index in [1.54, 1.807) is 0 Å². The maximum atomic E-state index is 11.4. The lowest BCUT2D eigenvalue weighted by Crippen LogP contribution is -2.32. The molecule has 0 bridgehead atoms. The van der Waals surface area contributed by atoms with E-state index < -0.39 is 0 Å². The van der Waals surface area contributed by atoms with Crippen LogP contribution in [0.4, 0.5) is 0 Å². The molecular weight excluding hydrogens is 168 g/mol. The summed E-state index contributed by atoms with van der Waals surface area (Å²) in [5.74, 6) is 0.198. The van der Waals surface area contributed by atoms with Crippen molar-refractivity contribution in [3.05, 3.63) is 24.3 Å². The van der Waals surface area contributed by atoms with Crippen molar-refractivity contribution in [3.8, 4) is 0 Å². The van der Waals surface area contributed by atoms with Gasteiger partial charge in [-0.3, -0.25) is 4.79 Å². The number of hydrogen-bond donors (Lipinski definition) is 1. The van der Waals surface area contributed by atoms with Gasteiger partial charge in [-0.15, -0.1) is 0 Å². The first kappa shape index (κ1) is 9.59. The molecule has 0 radical (unpaired) electrons. The van der Waals surface area contributed by atoms with Gasteiger partial charge in [0.1, 0.15) is 5.78 Å². The second kappa shape index (κ2) is 3.48. The Bertz CT molecular complexity index is 238. The molecule has 0 spiro atoms. The van der Waals surface area contributed by atoms with Gasteiger partial charge >= 0.3 is 0 Å². The Kier molecular flexibility index (Phi) is 2.78. The van der Waals surface area contributed by atoms with Crippen LogP contribution in [0.3, 0.4) is 0 Å². The molecule has 0 aliphatic heterocycles. The first-order valence-corrected chi connectivity index (χ1v) is 4.63. The maximum Gasteiger partial charge on any atom is 0.141 e. The Labute approximate surface area is 79.0 Å². The monoisotopic (exact) mass is 182 g/mol. The minimum Gasteiger partial charge on any atom is -0.299 e. The highest BCUT2D eigenvalue weighted by atomic mass is 32.1. The van der Waals surface area contributed by atoms with E-state index in [2.05, 4.69) is 12.6 Å². The highest BCUT2D eigenvalue weighted by Gasteiger charge is 2.31. The lowest BCUT2D eigenvalue weighted by Gasteiger charge is -2.28. The molecule has 0 heterocycles. The van der Waals surface area contributed by atoms with Gasteiger partial charge in [-0.1, -0.05) is 31.2 Å². The molecule has 1 nitrogen and oxygen atoms in total. The van der Waals surface area contributed by atoms with Crippen molar-refractivity contribution in [1.82, 2.24) is 0 Å². The molecule has 66 valence electrons. The number of thiol groups is 1. The van der Waals surface area contributed by atoms with Gasteiger partial charge < -0.3 is 0 Å². The number of rotatable bonds is 2. The SMILES string of the molecule is CCC(=O)C1C=CC=CC1(C)S. The van der Waals surface area contributed by atoms with E-state index in [0.717, 1.165) is 0 Å².